The Morgan fingerprint density at radius 1 is 1.06 bits per heavy atom. The molecule has 1 aliphatic carbocycles. The smallest absolute Gasteiger partial charge is 0.254 e. The highest BCUT2D eigenvalue weighted by Crippen LogP contribution is 2.23. The van der Waals surface area contributed by atoms with Crippen LogP contribution in [0.2, 0.25) is 0 Å². The topological polar surface area (TPSA) is 36.0 Å². The summed E-state index contributed by atoms with van der Waals surface area (Å²) in [5.41, 5.74) is 1.93. The van der Waals surface area contributed by atoms with Gasteiger partial charge >= 0.3 is 0 Å². The summed E-state index contributed by atoms with van der Waals surface area (Å²) >= 11 is 3.45. The van der Waals surface area contributed by atoms with E-state index >= 15 is 0 Å². The molecule has 2 aromatic rings. The van der Waals surface area contributed by atoms with Crippen LogP contribution in [-0.2, 0) is 0 Å². The first-order valence-electron chi connectivity index (χ1n) is 11.8. The molecule has 1 heterocycles. The van der Waals surface area contributed by atoms with E-state index in [4.69, 9.17) is 4.74 Å². The van der Waals surface area contributed by atoms with Crippen LogP contribution in [0.3, 0.4) is 0 Å². The summed E-state index contributed by atoms with van der Waals surface area (Å²) in [6, 6.07) is 16.8. The van der Waals surface area contributed by atoms with Gasteiger partial charge in [-0.3, -0.25) is 4.79 Å². The number of rotatable bonds is 8. The van der Waals surface area contributed by atoms with Crippen molar-refractivity contribution in [3.8, 4) is 5.75 Å². The fourth-order valence-corrected chi connectivity index (χ4v) is 5.16. The zero-order valence-electron chi connectivity index (χ0n) is 19.0. The first-order valence-corrected chi connectivity index (χ1v) is 12.6. The van der Waals surface area contributed by atoms with Gasteiger partial charge in [0.1, 0.15) is 5.75 Å². The molecule has 32 heavy (non-hydrogen) atoms. The quantitative estimate of drug-likeness (QED) is 0.475. The molecule has 172 valence electrons. The van der Waals surface area contributed by atoms with Crippen molar-refractivity contribution < 1.29 is 9.53 Å². The summed E-state index contributed by atoms with van der Waals surface area (Å²) in [7, 11) is 2.25. The number of halogens is 1. The lowest BCUT2D eigenvalue weighted by atomic mass is 10.1. The number of hydrogen-bond donors (Lipinski definition) is 0. The second-order valence-corrected chi connectivity index (χ2v) is 9.82. The fourth-order valence-electron chi connectivity index (χ4n) is 4.76. The first-order chi connectivity index (χ1) is 15.6. The van der Waals surface area contributed by atoms with Gasteiger partial charge in [-0.25, -0.2) is 0 Å². The van der Waals surface area contributed by atoms with Crippen LogP contribution in [0.5, 0.6) is 5.75 Å². The third-order valence-corrected chi connectivity index (χ3v) is 7.21. The Morgan fingerprint density at radius 2 is 1.78 bits per heavy atom. The van der Waals surface area contributed by atoms with Gasteiger partial charge in [0.2, 0.25) is 0 Å². The number of hydrogen-bond acceptors (Lipinski definition) is 4. The van der Waals surface area contributed by atoms with Crippen LogP contribution >= 0.6 is 15.9 Å². The third kappa shape index (κ3) is 6.04. The van der Waals surface area contributed by atoms with Crippen molar-refractivity contribution in [2.45, 2.75) is 38.1 Å². The normalized spacial score (nSPS) is 17.2. The standard InChI is InChI=1S/C26H34BrN3O2/c1-28(23-8-2-3-9-23)14-5-19-32-25-12-10-24(11-13-25)29-15-17-30(18-16-29)26(31)21-6-4-7-22(27)20-21/h4,6-7,10-13,20,23H,2-3,5,8-9,14-19H2,1H3. The predicted octanol–water partition coefficient (Wildman–Crippen LogP) is 5.05. The van der Waals surface area contributed by atoms with E-state index in [1.807, 2.05) is 29.2 Å². The molecule has 6 heteroatoms. The molecule has 2 aromatic carbocycles. The fraction of sp³-hybridized carbons (Fsp3) is 0.500. The van der Waals surface area contributed by atoms with Gasteiger partial charge in [-0.05, 0) is 68.8 Å². The highest BCUT2D eigenvalue weighted by atomic mass is 79.9. The third-order valence-electron chi connectivity index (χ3n) is 6.71. The van der Waals surface area contributed by atoms with Crippen LogP contribution in [0.1, 0.15) is 42.5 Å². The van der Waals surface area contributed by atoms with Gasteiger partial charge in [-0.2, -0.15) is 0 Å². The molecule has 1 aliphatic heterocycles. The summed E-state index contributed by atoms with van der Waals surface area (Å²) in [6.45, 7) is 5.01. The van der Waals surface area contributed by atoms with Gasteiger partial charge in [0, 0.05) is 54.5 Å². The maximum atomic E-state index is 12.7. The number of piperazine rings is 1. The molecule has 0 N–H and O–H groups in total. The maximum Gasteiger partial charge on any atom is 0.254 e. The Balaban J connectivity index is 1.19. The van der Waals surface area contributed by atoms with Gasteiger partial charge in [0.15, 0.2) is 0 Å². The van der Waals surface area contributed by atoms with E-state index in [0.29, 0.717) is 0 Å². The van der Waals surface area contributed by atoms with E-state index in [2.05, 4.69) is 57.0 Å². The van der Waals surface area contributed by atoms with Crippen molar-refractivity contribution in [3.05, 3.63) is 58.6 Å². The van der Waals surface area contributed by atoms with Crippen molar-refractivity contribution >= 4 is 27.5 Å². The lowest BCUT2D eigenvalue weighted by Crippen LogP contribution is -2.48. The highest BCUT2D eigenvalue weighted by molar-refractivity contribution is 9.10. The molecule has 1 amide bonds. The van der Waals surface area contributed by atoms with E-state index < -0.39 is 0 Å². The summed E-state index contributed by atoms with van der Waals surface area (Å²) in [6.07, 6.45) is 6.53. The van der Waals surface area contributed by atoms with E-state index in [9.17, 15) is 4.79 Å². The zero-order chi connectivity index (χ0) is 22.3. The lowest BCUT2D eigenvalue weighted by Gasteiger charge is -2.36. The van der Waals surface area contributed by atoms with Crippen molar-refractivity contribution in [2.24, 2.45) is 0 Å². The van der Waals surface area contributed by atoms with Crippen LogP contribution in [0.4, 0.5) is 5.69 Å². The van der Waals surface area contributed by atoms with E-state index in [-0.39, 0.29) is 5.91 Å². The van der Waals surface area contributed by atoms with Gasteiger partial charge in [0.05, 0.1) is 6.61 Å². The molecule has 1 saturated carbocycles. The average molecular weight is 500 g/mol. The van der Waals surface area contributed by atoms with E-state index in [0.717, 1.165) is 67.6 Å². The van der Waals surface area contributed by atoms with Crippen LogP contribution in [0, 0.1) is 0 Å². The van der Waals surface area contributed by atoms with Crippen molar-refractivity contribution in [2.75, 3.05) is 51.3 Å². The molecule has 0 unspecified atom stereocenters. The molecule has 0 aromatic heterocycles. The summed E-state index contributed by atoms with van der Waals surface area (Å²) in [5.74, 6) is 1.04. The Kier molecular flexibility index (Phi) is 8.09. The molecule has 0 bridgehead atoms. The lowest BCUT2D eigenvalue weighted by molar-refractivity contribution is 0.0746. The maximum absolute atomic E-state index is 12.7. The van der Waals surface area contributed by atoms with Crippen molar-refractivity contribution in [1.29, 1.82) is 0 Å². The minimum absolute atomic E-state index is 0.105. The largest absolute Gasteiger partial charge is 0.494 e. The Bertz CT molecular complexity index is 875. The number of benzene rings is 2. The van der Waals surface area contributed by atoms with Crippen LogP contribution in [0.15, 0.2) is 53.0 Å². The number of carbonyl (C=O) groups is 1. The van der Waals surface area contributed by atoms with E-state index in [1.54, 1.807) is 0 Å². The van der Waals surface area contributed by atoms with Crippen LogP contribution in [0.25, 0.3) is 0 Å². The first kappa shape index (κ1) is 23.1. The minimum atomic E-state index is 0.105. The minimum Gasteiger partial charge on any atom is -0.494 e. The zero-order valence-corrected chi connectivity index (χ0v) is 20.6. The molecule has 0 radical (unpaired) electrons. The SMILES string of the molecule is CN(CCCOc1ccc(N2CCN(C(=O)c3cccc(Br)c3)CC2)cc1)C1CCCC1. The van der Waals surface area contributed by atoms with E-state index in [1.165, 1.54) is 31.4 Å². The summed E-state index contributed by atoms with van der Waals surface area (Å²) in [5, 5.41) is 0. The molecule has 0 atom stereocenters. The molecular formula is C26H34BrN3O2. The number of anilines is 1. The number of ether oxygens (including phenoxy) is 1. The molecule has 2 aliphatic rings. The monoisotopic (exact) mass is 499 g/mol. The number of nitrogens with zero attached hydrogens (tertiary/aromatic N) is 3. The Hall–Kier alpha value is -2.05. The second kappa shape index (κ2) is 11.2. The highest BCUT2D eigenvalue weighted by Gasteiger charge is 2.22. The number of amides is 1. The van der Waals surface area contributed by atoms with Gasteiger partial charge in [-0.1, -0.05) is 34.8 Å². The predicted molar refractivity (Wildman–Crippen MR) is 134 cm³/mol. The molecule has 4 rings (SSSR count). The molecule has 5 nitrogen and oxygen atoms in total. The molecule has 1 saturated heterocycles. The average Bonchev–Trinajstić information content (AvgIpc) is 3.37. The summed E-state index contributed by atoms with van der Waals surface area (Å²) in [4.78, 5) is 19.5. The molecule has 2 fully saturated rings. The Labute approximate surface area is 200 Å². The molecular weight excluding hydrogens is 466 g/mol. The van der Waals surface area contributed by atoms with Crippen LogP contribution in [-0.4, -0.2) is 68.1 Å². The number of carbonyl (C=O) groups excluding carboxylic acids is 1. The molecule has 0 spiro atoms. The van der Waals surface area contributed by atoms with Crippen LogP contribution < -0.4 is 9.64 Å². The van der Waals surface area contributed by atoms with Gasteiger partial charge in [-0.15, -0.1) is 0 Å². The second-order valence-electron chi connectivity index (χ2n) is 8.90. The van der Waals surface area contributed by atoms with Gasteiger partial charge < -0.3 is 19.4 Å². The van der Waals surface area contributed by atoms with Crippen molar-refractivity contribution in [3.63, 3.8) is 0 Å². The summed E-state index contributed by atoms with van der Waals surface area (Å²) < 4.78 is 6.90. The van der Waals surface area contributed by atoms with Crippen molar-refractivity contribution in [1.82, 2.24) is 9.80 Å². The Morgan fingerprint density at radius 3 is 2.47 bits per heavy atom. The van der Waals surface area contributed by atoms with Gasteiger partial charge in [0.25, 0.3) is 5.91 Å².